The summed E-state index contributed by atoms with van der Waals surface area (Å²) in [4.78, 5) is 36.0. The molecule has 1 aromatic carbocycles. The molecule has 0 fully saturated rings. The number of hydrogen-bond acceptors (Lipinski definition) is 5. The van der Waals surface area contributed by atoms with Crippen LogP contribution in [-0.2, 0) is 6.54 Å². The maximum absolute atomic E-state index is 12.1. The molecule has 2 aromatic heterocycles. The normalized spacial score (nSPS) is 10.3. The van der Waals surface area contributed by atoms with Crippen LogP contribution in [0.3, 0.4) is 0 Å². The highest BCUT2D eigenvalue weighted by Crippen LogP contribution is 2.12. The Kier molecular flexibility index (Phi) is 5.91. The Balaban J connectivity index is 1.56. The van der Waals surface area contributed by atoms with Gasteiger partial charge in [0.25, 0.3) is 11.5 Å². The molecule has 2 heterocycles. The van der Waals surface area contributed by atoms with E-state index < -0.39 is 11.8 Å². The number of amides is 2. The molecular weight excluding hydrogens is 362 g/mol. The summed E-state index contributed by atoms with van der Waals surface area (Å²) in [6.45, 7) is 2.60. The molecule has 28 heavy (non-hydrogen) atoms. The SMILES string of the molecule is CCOc1ccc(C(=O)NNC(=O)c2ccc(Cn3ccccc3=O)o2)cc1. The minimum atomic E-state index is -0.606. The molecule has 2 N–H and O–H groups in total. The molecule has 8 heteroatoms. The number of carbonyl (C=O) groups excluding carboxylic acids is 2. The third kappa shape index (κ3) is 4.67. The van der Waals surface area contributed by atoms with Crippen molar-refractivity contribution in [1.82, 2.24) is 15.4 Å². The summed E-state index contributed by atoms with van der Waals surface area (Å²) >= 11 is 0. The van der Waals surface area contributed by atoms with Gasteiger partial charge < -0.3 is 13.7 Å². The van der Waals surface area contributed by atoms with Crippen LogP contribution in [0.4, 0.5) is 0 Å². The lowest BCUT2D eigenvalue weighted by Crippen LogP contribution is -2.41. The largest absolute Gasteiger partial charge is 0.494 e. The predicted octanol–water partition coefficient (Wildman–Crippen LogP) is 1.96. The number of aromatic nitrogens is 1. The molecule has 8 nitrogen and oxygen atoms in total. The standard InChI is InChI=1S/C20H19N3O5/c1-2-27-15-8-6-14(7-9-15)19(25)21-22-20(26)17-11-10-16(28-17)13-23-12-4-3-5-18(23)24/h3-12H,2,13H2,1H3,(H,21,25)(H,22,26). The lowest BCUT2D eigenvalue weighted by atomic mass is 10.2. The summed E-state index contributed by atoms with van der Waals surface area (Å²) in [6.07, 6.45) is 1.63. The van der Waals surface area contributed by atoms with E-state index in [1.165, 1.54) is 16.7 Å². The number of hydrogen-bond donors (Lipinski definition) is 2. The molecule has 3 rings (SSSR count). The second-order valence-electron chi connectivity index (χ2n) is 5.80. The third-order valence-corrected chi connectivity index (χ3v) is 3.83. The van der Waals surface area contributed by atoms with E-state index in [1.54, 1.807) is 48.7 Å². The Morgan fingerprint density at radius 2 is 1.75 bits per heavy atom. The van der Waals surface area contributed by atoms with Crippen molar-refractivity contribution in [2.45, 2.75) is 13.5 Å². The second kappa shape index (κ2) is 8.72. The highest BCUT2D eigenvalue weighted by Gasteiger charge is 2.13. The number of carbonyl (C=O) groups is 2. The quantitative estimate of drug-likeness (QED) is 0.636. The molecule has 0 atom stereocenters. The Morgan fingerprint density at radius 1 is 1.00 bits per heavy atom. The first-order valence-corrected chi connectivity index (χ1v) is 8.64. The van der Waals surface area contributed by atoms with Gasteiger partial charge in [-0.3, -0.25) is 25.2 Å². The molecular formula is C20H19N3O5. The van der Waals surface area contributed by atoms with Gasteiger partial charge in [0, 0.05) is 17.8 Å². The van der Waals surface area contributed by atoms with Crippen molar-refractivity contribution in [1.29, 1.82) is 0 Å². The highest BCUT2D eigenvalue weighted by atomic mass is 16.5. The van der Waals surface area contributed by atoms with Crippen LogP contribution in [0.2, 0.25) is 0 Å². The van der Waals surface area contributed by atoms with Gasteiger partial charge in [-0.25, -0.2) is 0 Å². The topological polar surface area (TPSA) is 103 Å². The number of pyridine rings is 1. The number of benzene rings is 1. The van der Waals surface area contributed by atoms with Gasteiger partial charge in [-0.2, -0.15) is 0 Å². The average Bonchev–Trinajstić information content (AvgIpc) is 3.17. The van der Waals surface area contributed by atoms with E-state index in [9.17, 15) is 14.4 Å². The Bertz CT molecular complexity index is 1020. The first-order valence-electron chi connectivity index (χ1n) is 8.64. The van der Waals surface area contributed by atoms with Crippen molar-refractivity contribution in [3.05, 3.63) is 88.2 Å². The first kappa shape index (κ1) is 19.0. The fourth-order valence-electron chi connectivity index (χ4n) is 2.46. The summed E-state index contributed by atoms with van der Waals surface area (Å²) in [5, 5.41) is 0. The van der Waals surface area contributed by atoms with Crippen LogP contribution in [-0.4, -0.2) is 23.0 Å². The van der Waals surface area contributed by atoms with E-state index in [2.05, 4.69) is 10.9 Å². The second-order valence-corrected chi connectivity index (χ2v) is 5.80. The maximum Gasteiger partial charge on any atom is 0.305 e. The third-order valence-electron chi connectivity index (χ3n) is 3.83. The fraction of sp³-hybridized carbons (Fsp3) is 0.150. The van der Waals surface area contributed by atoms with Gasteiger partial charge in [0.1, 0.15) is 11.5 Å². The van der Waals surface area contributed by atoms with Crippen molar-refractivity contribution in [3.63, 3.8) is 0 Å². The minimum absolute atomic E-state index is 0.0194. The van der Waals surface area contributed by atoms with E-state index >= 15 is 0 Å². The minimum Gasteiger partial charge on any atom is -0.494 e. The zero-order valence-corrected chi connectivity index (χ0v) is 15.2. The van der Waals surface area contributed by atoms with Gasteiger partial charge in [0.15, 0.2) is 5.76 Å². The first-order chi connectivity index (χ1) is 13.6. The Labute approximate surface area is 160 Å². The number of nitrogens with one attached hydrogen (secondary N) is 2. The van der Waals surface area contributed by atoms with Crippen molar-refractivity contribution in [3.8, 4) is 5.75 Å². The van der Waals surface area contributed by atoms with Gasteiger partial charge in [0.2, 0.25) is 0 Å². The van der Waals surface area contributed by atoms with Gasteiger partial charge in [-0.05, 0) is 49.4 Å². The molecule has 0 aliphatic heterocycles. The van der Waals surface area contributed by atoms with E-state index in [0.29, 0.717) is 23.7 Å². The average molecular weight is 381 g/mol. The van der Waals surface area contributed by atoms with Crippen LogP contribution < -0.4 is 21.1 Å². The van der Waals surface area contributed by atoms with E-state index in [1.807, 2.05) is 6.92 Å². The molecule has 0 saturated heterocycles. The summed E-state index contributed by atoms with van der Waals surface area (Å²) in [6, 6.07) is 14.4. The van der Waals surface area contributed by atoms with E-state index in [0.717, 1.165) is 0 Å². The van der Waals surface area contributed by atoms with Crippen LogP contribution in [0.15, 0.2) is 70.0 Å². The highest BCUT2D eigenvalue weighted by molar-refractivity contribution is 5.98. The summed E-state index contributed by atoms with van der Waals surface area (Å²) in [5.41, 5.74) is 4.81. The van der Waals surface area contributed by atoms with E-state index in [-0.39, 0.29) is 17.9 Å². The molecule has 0 spiro atoms. The number of ether oxygens (including phenoxy) is 1. The van der Waals surface area contributed by atoms with Crippen molar-refractivity contribution >= 4 is 11.8 Å². The van der Waals surface area contributed by atoms with Gasteiger partial charge >= 0.3 is 5.91 Å². The van der Waals surface area contributed by atoms with Crippen LogP contribution in [0.25, 0.3) is 0 Å². The molecule has 0 aliphatic carbocycles. The summed E-state index contributed by atoms with van der Waals surface area (Å²) < 4.78 is 12.2. The van der Waals surface area contributed by atoms with Crippen LogP contribution >= 0.6 is 0 Å². The molecule has 0 aliphatic rings. The van der Waals surface area contributed by atoms with Crippen molar-refractivity contribution < 1.29 is 18.7 Å². The van der Waals surface area contributed by atoms with Gasteiger partial charge in [-0.15, -0.1) is 0 Å². The lowest BCUT2D eigenvalue weighted by molar-refractivity contribution is 0.0829. The van der Waals surface area contributed by atoms with Crippen LogP contribution in [0.5, 0.6) is 5.75 Å². The monoisotopic (exact) mass is 381 g/mol. The Hall–Kier alpha value is -3.81. The molecule has 2 amide bonds. The van der Waals surface area contributed by atoms with Crippen molar-refractivity contribution in [2.24, 2.45) is 0 Å². The van der Waals surface area contributed by atoms with Gasteiger partial charge in [-0.1, -0.05) is 6.07 Å². The molecule has 0 saturated carbocycles. The molecule has 3 aromatic rings. The summed E-state index contributed by atoms with van der Waals surface area (Å²) in [5.74, 6) is 0.0379. The molecule has 0 unspecified atom stereocenters. The van der Waals surface area contributed by atoms with Crippen LogP contribution in [0, 0.1) is 0 Å². The maximum atomic E-state index is 12.1. The zero-order chi connectivity index (χ0) is 19.9. The molecule has 144 valence electrons. The smallest absolute Gasteiger partial charge is 0.305 e. The molecule has 0 bridgehead atoms. The predicted molar refractivity (Wildman–Crippen MR) is 101 cm³/mol. The number of rotatable bonds is 6. The lowest BCUT2D eigenvalue weighted by Gasteiger charge is -2.07. The Morgan fingerprint density at radius 3 is 2.46 bits per heavy atom. The summed E-state index contributed by atoms with van der Waals surface area (Å²) in [7, 11) is 0. The van der Waals surface area contributed by atoms with Gasteiger partial charge in [0.05, 0.1) is 13.2 Å². The van der Waals surface area contributed by atoms with E-state index in [4.69, 9.17) is 9.15 Å². The zero-order valence-electron chi connectivity index (χ0n) is 15.2. The fourth-order valence-corrected chi connectivity index (χ4v) is 2.46. The molecule has 0 radical (unpaired) electrons. The number of furan rings is 1. The van der Waals surface area contributed by atoms with Crippen LogP contribution in [0.1, 0.15) is 33.6 Å². The number of hydrazine groups is 1. The van der Waals surface area contributed by atoms with Crippen molar-refractivity contribution in [2.75, 3.05) is 6.61 Å². The number of nitrogens with zero attached hydrogens (tertiary/aromatic N) is 1.